The van der Waals surface area contributed by atoms with E-state index < -0.39 is 10.5 Å². The summed E-state index contributed by atoms with van der Waals surface area (Å²) in [5, 5.41) is -1.17. The van der Waals surface area contributed by atoms with Crippen molar-refractivity contribution in [2.45, 2.75) is 13.3 Å². The molecule has 2 nitrogen and oxygen atoms in total. The van der Waals surface area contributed by atoms with Gasteiger partial charge >= 0.3 is 0 Å². The summed E-state index contributed by atoms with van der Waals surface area (Å²) in [6, 6.07) is 4.70. The molecule has 0 atom stereocenters. The van der Waals surface area contributed by atoms with Crippen LogP contribution in [0.1, 0.15) is 33.2 Å². The Morgan fingerprint density at radius 2 is 1.50 bits per heavy atom. The molecule has 1 aromatic rings. The molecule has 0 unspecified atom stereocenters. The highest BCUT2D eigenvalue weighted by atomic mass is 35.5. The Kier molecular flexibility index (Phi) is 3.67. The lowest BCUT2D eigenvalue weighted by molar-refractivity contribution is 0.108. The molecule has 0 N–H and O–H groups in total. The normalized spacial score (nSPS) is 9.93. The molecule has 0 saturated carbocycles. The van der Waals surface area contributed by atoms with Crippen LogP contribution in [0.2, 0.25) is 0 Å². The molecule has 0 aliphatic rings. The standard InChI is InChI=1S/C10H8Cl2O2/c1-2-6-3-7(9(11)13)5-8(4-6)10(12)14/h3-5H,2H2,1H3. The van der Waals surface area contributed by atoms with Crippen LogP contribution < -0.4 is 0 Å². The van der Waals surface area contributed by atoms with Gasteiger partial charge in [-0.2, -0.15) is 0 Å². The van der Waals surface area contributed by atoms with Crippen molar-refractivity contribution in [3.05, 3.63) is 34.9 Å². The number of hydrogen-bond acceptors (Lipinski definition) is 2. The smallest absolute Gasteiger partial charge is 0.252 e. The number of halogens is 2. The zero-order chi connectivity index (χ0) is 10.7. The zero-order valence-corrected chi connectivity index (χ0v) is 9.02. The largest absolute Gasteiger partial charge is 0.276 e. The molecule has 74 valence electrons. The van der Waals surface area contributed by atoms with Crippen LogP contribution in [-0.4, -0.2) is 10.5 Å². The minimum Gasteiger partial charge on any atom is -0.276 e. The Hall–Kier alpha value is -0.860. The highest BCUT2D eigenvalue weighted by Crippen LogP contribution is 2.14. The van der Waals surface area contributed by atoms with Gasteiger partial charge in [0.25, 0.3) is 10.5 Å². The van der Waals surface area contributed by atoms with E-state index in [-0.39, 0.29) is 0 Å². The van der Waals surface area contributed by atoms with Crippen molar-refractivity contribution in [2.75, 3.05) is 0 Å². The third-order valence-electron chi connectivity index (χ3n) is 1.85. The summed E-state index contributed by atoms with van der Waals surface area (Å²) >= 11 is 10.6. The van der Waals surface area contributed by atoms with E-state index in [0.717, 1.165) is 12.0 Å². The van der Waals surface area contributed by atoms with Gasteiger partial charge in [-0.25, -0.2) is 0 Å². The monoisotopic (exact) mass is 230 g/mol. The van der Waals surface area contributed by atoms with Crippen molar-refractivity contribution in [3.8, 4) is 0 Å². The van der Waals surface area contributed by atoms with Crippen LogP contribution in [0.15, 0.2) is 18.2 Å². The summed E-state index contributed by atoms with van der Waals surface area (Å²) < 4.78 is 0. The predicted molar refractivity (Wildman–Crippen MR) is 56.2 cm³/mol. The first-order valence-corrected chi connectivity index (χ1v) is 4.83. The Bertz CT molecular complexity index is 353. The van der Waals surface area contributed by atoms with Crippen LogP contribution >= 0.6 is 23.2 Å². The van der Waals surface area contributed by atoms with Crippen molar-refractivity contribution in [1.82, 2.24) is 0 Å². The van der Waals surface area contributed by atoms with E-state index in [0.29, 0.717) is 11.1 Å². The molecule has 0 bridgehead atoms. The first kappa shape index (κ1) is 11.2. The summed E-state index contributed by atoms with van der Waals surface area (Å²) in [7, 11) is 0. The van der Waals surface area contributed by atoms with Gasteiger partial charge in [0.2, 0.25) is 0 Å². The molecule has 4 heteroatoms. The molecule has 0 heterocycles. The highest BCUT2D eigenvalue weighted by Gasteiger charge is 2.09. The maximum Gasteiger partial charge on any atom is 0.252 e. The fourth-order valence-electron chi connectivity index (χ4n) is 1.12. The topological polar surface area (TPSA) is 34.1 Å². The van der Waals surface area contributed by atoms with E-state index in [1.807, 2.05) is 6.92 Å². The van der Waals surface area contributed by atoms with Gasteiger partial charge in [0.15, 0.2) is 0 Å². The van der Waals surface area contributed by atoms with Crippen molar-refractivity contribution >= 4 is 33.7 Å². The minimum absolute atomic E-state index is 0.301. The number of hydrogen-bond donors (Lipinski definition) is 0. The average molecular weight is 231 g/mol. The van der Waals surface area contributed by atoms with E-state index in [2.05, 4.69) is 0 Å². The van der Waals surface area contributed by atoms with Gasteiger partial charge in [-0.05, 0) is 53.4 Å². The van der Waals surface area contributed by atoms with Crippen LogP contribution in [-0.2, 0) is 6.42 Å². The number of aryl methyl sites for hydroxylation is 1. The van der Waals surface area contributed by atoms with Gasteiger partial charge in [0, 0.05) is 11.1 Å². The lowest BCUT2D eigenvalue weighted by Gasteiger charge is -2.02. The maximum atomic E-state index is 10.9. The van der Waals surface area contributed by atoms with Crippen LogP contribution in [0.25, 0.3) is 0 Å². The molecule has 1 rings (SSSR count). The third-order valence-corrected chi connectivity index (χ3v) is 2.29. The molecule has 0 amide bonds. The Labute approximate surface area is 91.8 Å². The number of benzene rings is 1. The molecule has 0 aliphatic carbocycles. The van der Waals surface area contributed by atoms with E-state index in [9.17, 15) is 9.59 Å². The number of carbonyl (C=O) groups is 2. The predicted octanol–water partition coefficient (Wildman–Crippen LogP) is 3.01. The molecule has 0 fully saturated rings. The fraction of sp³-hybridized carbons (Fsp3) is 0.200. The lowest BCUT2D eigenvalue weighted by Crippen LogP contribution is -1.97. The van der Waals surface area contributed by atoms with Crippen LogP contribution in [0.4, 0.5) is 0 Å². The Morgan fingerprint density at radius 3 is 1.79 bits per heavy atom. The molecule has 0 spiro atoms. The van der Waals surface area contributed by atoms with E-state index >= 15 is 0 Å². The summed E-state index contributed by atoms with van der Waals surface area (Å²) in [5.74, 6) is 0. The third kappa shape index (κ3) is 2.56. The lowest BCUT2D eigenvalue weighted by atomic mass is 10.1. The molecule has 1 aromatic carbocycles. The summed E-state index contributed by atoms with van der Waals surface area (Å²) in [6.45, 7) is 1.92. The number of carbonyl (C=O) groups excluding carboxylic acids is 2. The molecule has 0 aliphatic heterocycles. The summed E-state index contributed by atoms with van der Waals surface area (Å²) in [6.07, 6.45) is 0.717. The van der Waals surface area contributed by atoms with Crippen LogP contribution in [0.5, 0.6) is 0 Å². The number of rotatable bonds is 3. The fourth-order valence-corrected chi connectivity index (χ4v) is 1.34. The quantitative estimate of drug-likeness (QED) is 0.749. The second-order valence-corrected chi connectivity index (χ2v) is 3.51. The molecule has 14 heavy (non-hydrogen) atoms. The molecular formula is C10H8Cl2O2. The second-order valence-electron chi connectivity index (χ2n) is 2.82. The van der Waals surface area contributed by atoms with E-state index in [1.165, 1.54) is 6.07 Å². The zero-order valence-electron chi connectivity index (χ0n) is 7.51. The van der Waals surface area contributed by atoms with Crippen molar-refractivity contribution in [3.63, 3.8) is 0 Å². The second kappa shape index (κ2) is 4.58. The van der Waals surface area contributed by atoms with Gasteiger partial charge < -0.3 is 0 Å². The van der Waals surface area contributed by atoms with Gasteiger partial charge in [-0.3, -0.25) is 9.59 Å². The van der Waals surface area contributed by atoms with Crippen molar-refractivity contribution < 1.29 is 9.59 Å². The maximum absolute atomic E-state index is 10.9. The van der Waals surface area contributed by atoms with E-state index in [4.69, 9.17) is 23.2 Å². The van der Waals surface area contributed by atoms with Crippen molar-refractivity contribution in [2.24, 2.45) is 0 Å². The first-order chi connectivity index (χ1) is 6.54. The molecule has 0 radical (unpaired) electrons. The summed E-state index contributed by atoms with van der Waals surface area (Å²) in [5.41, 5.74) is 1.46. The Morgan fingerprint density at radius 1 is 1.07 bits per heavy atom. The Balaban J connectivity index is 3.27. The van der Waals surface area contributed by atoms with Gasteiger partial charge in [0.05, 0.1) is 0 Å². The van der Waals surface area contributed by atoms with Crippen LogP contribution in [0, 0.1) is 0 Å². The molecule has 0 aromatic heterocycles. The van der Waals surface area contributed by atoms with Gasteiger partial charge in [-0.15, -0.1) is 0 Å². The SMILES string of the molecule is CCc1cc(C(=O)Cl)cc(C(=O)Cl)c1. The highest BCUT2D eigenvalue weighted by molar-refractivity contribution is 6.69. The molecule has 0 saturated heterocycles. The molecular weight excluding hydrogens is 223 g/mol. The minimum atomic E-state index is -0.584. The van der Waals surface area contributed by atoms with Gasteiger partial charge in [0.1, 0.15) is 0 Å². The van der Waals surface area contributed by atoms with Crippen LogP contribution in [0.3, 0.4) is 0 Å². The first-order valence-electron chi connectivity index (χ1n) is 4.08. The van der Waals surface area contributed by atoms with E-state index in [1.54, 1.807) is 12.1 Å². The van der Waals surface area contributed by atoms with Gasteiger partial charge in [-0.1, -0.05) is 6.92 Å². The summed E-state index contributed by atoms with van der Waals surface area (Å²) in [4.78, 5) is 21.8. The average Bonchev–Trinajstić information content (AvgIpc) is 2.16. The van der Waals surface area contributed by atoms with Crippen molar-refractivity contribution in [1.29, 1.82) is 0 Å².